The fourth-order valence-corrected chi connectivity index (χ4v) is 2.74. The summed E-state index contributed by atoms with van der Waals surface area (Å²) in [5.74, 6) is -0.305. The van der Waals surface area contributed by atoms with Crippen molar-refractivity contribution in [2.24, 2.45) is 16.9 Å². The van der Waals surface area contributed by atoms with Crippen molar-refractivity contribution in [3.63, 3.8) is 0 Å². The number of unbranched alkanes of at least 4 members (excludes halogenated alkanes) is 1. The lowest BCUT2D eigenvalue weighted by Gasteiger charge is -2.28. The minimum absolute atomic E-state index is 0.0227. The summed E-state index contributed by atoms with van der Waals surface area (Å²) in [6.45, 7) is 13.6. The summed E-state index contributed by atoms with van der Waals surface area (Å²) in [5.41, 5.74) is 10.2. The van der Waals surface area contributed by atoms with Gasteiger partial charge in [0.2, 0.25) is 11.8 Å². The minimum Gasteiger partial charge on any atom is -0.375 e. The number of ether oxygens (including phenoxy) is 1. The second kappa shape index (κ2) is 12.3. The summed E-state index contributed by atoms with van der Waals surface area (Å²) in [6, 6.07) is -0.105. The molecule has 0 radical (unpaired) electrons. The molecular formula is C20H42N4O3. The molecule has 1 unspecified atom stereocenters. The quantitative estimate of drug-likeness (QED) is 0.319. The second-order valence-electron chi connectivity index (χ2n) is 8.81. The number of primary amides is 1. The van der Waals surface area contributed by atoms with Crippen LogP contribution in [0.1, 0.15) is 73.6 Å². The molecule has 7 nitrogen and oxygen atoms in total. The monoisotopic (exact) mass is 386 g/mol. The zero-order valence-electron chi connectivity index (χ0n) is 18.2. The van der Waals surface area contributed by atoms with Crippen molar-refractivity contribution in [2.75, 3.05) is 19.7 Å². The molecular weight excluding hydrogens is 344 g/mol. The molecule has 0 spiro atoms. The van der Waals surface area contributed by atoms with Crippen LogP contribution in [0.4, 0.5) is 0 Å². The maximum absolute atomic E-state index is 12.4. The molecule has 0 bridgehead atoms. The van der Waals surface area contributed by atoms with Crippen molar-refractivity contribution in [3.05, 3.63) is 0 Å². The van der Waals surface area contributed by atoms with E-state index in [-0.39, 0.29) is 29.5 Å². The predicted molar refractivity (Wildman–Crippen MR) is 110 cm³/mol. The van der Waals surface area contributed by atoms with Gasteiger partial charge in [-0.25, -0.2) is 0 Å². The maximum atomic E-state index is 12.4. The van der Waals surface area contributed by atoms with Crippen molar-refractivity contribution < 1.29 is 14.3 Å². The molecule has 27 heavy (non-hydrogen) atoms. The van der Waals surface area contributed by atoms with E-state index in [0.29, 0.717) is 32.5 Å². The smallest absolute Gasteiger partial charge is 0.234 e. The van der Waals surface area contributed by atoms with Crippen LogP contribution in [0.2, 0.25) is 0 Å². The molecule has 2 amide bonds. The van der Waals surface area contributed by atoms with Crippen LogP contribution in [-0.2, 0) is 14.3 Å². The Balaban J connectivity index is 4.12. The third-order valence-corrected chi connectivity index (χ3v) is 4.66. The van der Waals surface area contributed by atoms with Gasteiger partial charge < -0.3 is 26.8 Å². The van der Waals surface area contributed by atoms with E-state index >= 15 is 0 Å². The van der Waals surface area contributed by atoms with Crippen LogP contribution in [0.15, 0.2) is 0 Å². The van der Waals surface area contributed by atoms with E-state index in [9.17, 15) is 9.59 Å². The number of carbonyl (C=O) groups excluding carboxylic acids is 2. The summed E-state index contributed by atoms with van der Waals surface area (Å²) in [7, 11) is 0. The molecule has 1 atom stereocenters. The number of nitrogens with one attached hydrogen (secondary N) is 2. The van der Waals surface area contributed by atoms with Crippen molar-refractivity contribution in [1.29, 1.82) is 0 Å². The molecule has 0 aromatic rings. The highest BCUT2D eigenvalue weighted by atomic mass is 16.5. The van der Waals surface area contributed by atoms with Crippen molar-refractivity contribution in [3.8, 4) is 0 Å². The summed E-state index contributed by atoms with van der Waals surface area (Å²) < 4.78 is 5.87. The number of hydrogen-bond acceptors (Lipinski definition) is 5. The van der Waals surface area contributed by atoms with E-state index in [1.807, 2.05) is 41.5 Å². The molecule has 160 valence electrons. The molecule has 0 rings (SSSR count). The van der Waals surface area contributed by atoms with Crippen LogP contribution in [0.5, 0.6) is 0 Å². The SMILES string of the molecule is CC(C)NC(CCCCNC(=O)C(C)(C)CCOC(C)(C)CCN)C(N)=O. The standard InChI is InChI=1S/C20H42N4O3/c1-15(2)24-16(17(22)25)9-7-8-13-23-18(26)19(3,4)11-14-27-20(5,6)10-12-21/h15-16,24H,7-14,21H2,1-6H3,(H2,22,25)(H,23,26). The van der Waals surface area contributed by atoms with E-state index in [1.54, 1.807) is 0 Å². The maximum Gasteiger partial charge on any atom is 0.234 e. The number of carbonyl (C=O) groups is 2. The molecule has 0 fully saturated rings. The lowest BCUT2D eigenvalue weighted by atomic mass is 9.88. The summed E-state index contributed by atoms with van der Waals surface area (Å²) in [5, 5.41) is 6.15. The number of rotatable bonds is 15. The fraction of sp³-hybridized carbons (Fsp3) is 0.900. The van der Waals surface area contributed by atoms with Crippen molar-refractivity contribution in [2.45, 2.75) is 91.3 Å². The number of nitrogens with two attached hydrogens (primary N) is 2. The van der Waals surface area contributed by atoms with Crippen LogP contribution in [-0.4, -0.2) is 49.2 Å². The Labute approximate surface area is 165 Å². The summed E-state index contributed by atoms with van der Waals surface area (Å²) in [4.78, 5) is 23.8. The molecule has 0 saturated carbocycles. The molecule has 6 N–H and O–H groups in total. The Bertz CT molecular complexity index is 451. The van der Waals surface area contributed by atoms with Gasteiger partial charge >= 0.3 is 0 Å². The van der Waals surface area contributed by atoms with Gasteiger partial charge in [-0.1, -0.05) is 27.7 Å². The van der Waals surface area contributed by atoms with E-state index < -0.39 is 5.41 Å². The molecule has 0 heterocycles. The van der Waals surface area contributed by atoms with Crippen LogP contribution < -0.4 is 22.1 Å². The lowest BCUT2D eigenvalue weighted by molar-refractivity contribution is -0.131. The van der Waals surface area contributed by atoms with Gasteiger partial charge in [0.1, 0.15) is 0 Å². The number of hydrogen-bond donors (Lipinski definition) is 4. The summed E-state index contributed by atoms with van der Waals surface area (Å²) in [6.07, 6.45) is 3.75. The normalized spacial score (nSPS) is 13.6. The Hall–Kier alpha value is -1.18. The van der Waals surface area contributed by atoms with Gasteiger partial charge in [0, 0.05) is 24.6 Å². The van der Waals surface area contributed by atoms with Gasteiger partial charge in [-0.15, -0.1) is 0 Å². The highest BCUT2D eigenvalue weighted by Crippen LogP contribution is 2.23. The van der Waals surface area contributed by atoms with Gasteiger partial charge in [-0.2, -0.15) is 0 Å². The van der Waals surface area contributed by atoms with E-state index in [4.69, 9.17) is 16.2 Å². The van der Waals surface area contributed by atoms with Gasteiger partial charge in [-0.3, -0.25) is 9.59 Å². The zero-order valence-corrected chi connectivity index (χ0v) is 18.2. The van der Waals surface area contributed by atoms with Crippen molar-refractivity contribution >= 4 is 11.8 Å². The molecule has 0 aromatic heterocycles. The third-order valence-electron chi connectivity index (χ3n) is 4.66. The largest absolute Gasteiger partial charge is 0.375 e. The first-order valence-electron chi connectivity index (χ1n) is 10.1. The average molecular weight is 387 g/mol. The molecule has 0 aromatic carbocycles. The Kier molecular flexibility index (Phi) is 11.8. The Morgan fingerprint density at radius 3 is 2.22 bits per heavy atom. The van der Waals surface area contributed by atoms with Crippen LogP contribution >= 0.6 is 0 Å². The molecule has 0 aliphatic carbocycles. The molecule has 0 aliphatic rings. The van der Waals surface area contributed by atoms with E-state index in [0.717, 1.165) is 19.3 Å². The van der Waals surface area contributed by atoms with Gasteiger partial charge in [0.05, 0.1) is 11.6 Å². The molecule has 7 heteroatoms. The first kappa shape index (κ1) is 25.8. The minimum atomic E-state index is -0.492. The Morgan fingerprint density at radius 1 is 1.07 bits per heavy atom. The van der Waals surface area contributed by atoms with Gasteiger partial charge in [0.25, 0.3) is 0 Å². The topological polar surface area (TPSA) is 119 Å². The highest BCUT2D eigenvalue weighted by molar-refractivity contribution is 5.81. The van der Waals surface area contributed by atoms with E-state index in [2.05, 4.69) is 10.6 Å². The van der Waals surface area contributed by atoms with Crippen LogP contribution in [0.3, 0.4) is 0 Å². The highest BCUT2D eigenvalue weighted by Gasteiger charge is 2.28. The Morgan fingerprint density at radius 2 is 1.70 bits per heavy atom. The van der Waals surface area contributed by atoms with Crippen molar-refractivity contribution in [1.82, 2.24) is 10.6 Å². The predicted octanol–water partition coefficient (Wildman–Crippen LogP) is 1.69. The van der Waals surface area contributed by atoms with Crippen LogP contribution in [0, 0.1) is 5.41 Å². The third kappa shape index (κ3) is 12.0. The fourth-order valence-electron chi connectivity index (χ4n) is 2.74. The lowest BCUT2D eigenvalue weighted by Crippen LogP contribution is -2.44. The average Bonchev–Trinajstić information content (AvgIpc) is 2.52. The second-order valence-corrected chi connectivity index (χ2v) is 8.81. The van der Waals surface area contributed by atoms with Gasteiger partial charge in [-0.05, 0) is 52.5 Å². The van der Waals surface area contributed by atoms with Gasteiger partial charge in [0.15, 0.2) is 0 Å². The number of amides is 2. The molecule has 0 saturated heterocycles. The summed E-state index contributed by atoms with van der Waals surface area (Å²) >= 11 is 0. The first-order chi connectivity index (χ1) is 12.4. The first-order valence-corrected chi connectivity index (χ1v) is 10.1. The molecule has 0 aliphatic heterocycles. The van der Waals surface area contributed by atoms with E-state index in [1.165, 1.54) is 0 Å². The zero-order chi connectivity index (χ0) is 21.1. The van der Waals surface area contributed by atoms with Crippen LogP contribution in [0.25, 0.3) is 0 Å².